The van der Waals surface area contributed by atoms with Gasteiger partial charge in [-0.25, -0.2) is 0 Å². The van der Waals surface area contributed by atoms with Gasteiger partial charge >= 0.3 is 6.18 Å². The largest absolute Gasteiger partial charge is 0.416 e. The van der Waals surface area contributed by atoms with Crippen molar-refractivity contribution in [3.8, 4) is 0 Å². The van der Waals surface area contributed by atoms with Crippen molar-refractivity contribution >= 4 is 5.91 Å². The SMILES string of the molecule is CC(C)[C@H]1CO[C@]23CC[C@H](N(Cc4ccc(C(F)(F)F)cc4)C4CC4)C[C@H]2CCC(=O)N13. The third kappa shape index (κ3) is 3.85. The fraction of sp³-hybridized carbons (Fsp3) is 0.720. The van der Waals surface area contributed by atoms with Crippen LogP contribution in [0.5, 0.6) is 0 Å². The lowest BCUT2D eigenvalue weighted by molar-refractivity contribution is -0.192. The number of amides is 1. The maximum absolute atomic E-state index is 12.9. The van der Waals surface area contributed by atoms with Gasteiger partial charge in [-0.05, 0) is 62.1 Å². The molecule has 2 saturated carbocycles. The van der Waals surface area contributed by atoms with Gasteiger partial charge in [-0.1, -0.05) is 26.0 Å². The van der Waals surface area contributed by atoms with E-state index < -0.39 is 17.5 Å². The Morgan fingerprint density at radius 1 is 1.12 bits per heavy atom. The zero-order valence-electron chi connectivity index (χ0n) is 18.9. The predicted molar refractivity (Wildman–Crippen MR) is 115 cm³/mol. The molecule has 0 N–H and O–H groups in total. The number of halogens is 3. The van der Waals surface area contributed by atoms with Crippen LogP contribution in [-0.2, 0) is 22.3 Å². The third-order valence-electron chi connectivity index (χ3n) is 8.15. The van der Waals surface area contributed by atoms with Crippen LogP contribution in [0.2, 0.25) is 0 Å². The van der Waals surface area contributed by atoms with Crippen LogP contribution in [0.1, 0.15) is 69.9 Å². The van der Waals surface area contributed by atoms with Gasteiger partial charge in [-0.15, -0.1) is 0 Å². The van der Waals surface area contributed by atoms with Gasteiger partial charge in [0.25, 0.3) is 0 Å². The molecule has 1 aromatic carbocycles. The predicted octanol–water partition coefficient (Wildman–Crippen LogP) is 5.21. The fourth-order valence-corrected chi connectivity index (χ4v) is 6.29. The third-order valence-corrected chi connectivity index (χ3v) is 8.15. The highest BCUT2D eigenvalue weighted by Crippen LogP contribution is 2.52. The quantitative estimate of drug-likeness (QED) is 0.617. The number of hydrogen-bond donors (Lipinski definition) is 0. The Kier molecular flexibility index (Phi) is 5.56. The summed E-state index contributed by atoms with van der Waals surface area (Å²) in [5.74, 6) is 0.939. The van der Waals surface area contributed by atoms with Crippen LogP contribution in [0, 0.1) is 11.8 Å². The highest BCUT2D eigenvalue weighted by atomic mass is 19.4. The number of piperidine rings is 1. The molecule has 1 amide bonds. The standard InChI is InChI=1S/C25H33F3N2O2/c1-16(2)22-15-32-24-12-11-21(13-19(24)7-10-23(31)30(22)24)29(20-8-9-20)14-17-3-5-18(6-4-17)25(26,27)28/h3-6,16,19-22H,7-15H2,1-2H3/t19-,21+,22-,24-/m1/s1. The van der Waals surface area contributed by atoms with Crippen LogP contribution >= 0.6 is 0 Å². The lowest BCUT2D eigenvalue weighted by atomic mass is 9.72. The van der Waals surface area contributed by atoms with E-state index >= 15 is 0 Å². The highest BCUT2D eigenvalue weighted by Gasteiger charge is 2.59. The molecule has 0 unspecified atom stereocenters. The summed E-state index contributed by atoms with van der Waals surface area (Å²) in [5.41, 5.74) is -0.101. The van der Waals surface area contributed by atoms with E-state index in [9.17, 15) is 18.0 Å². The van der Waals surface area contributed by atoms with Gasteiger partial charge in [-0.2, -0.15) is 13.2 Å². The average Bonchev–Trinajstić information content (AvgIpc) is 3.51. The van der Waals surface area contributed by atoms with Crippen molar-refractivity contribution in [1.82, 2.24) is 9.80 Å². The zero-order valence-corrected chi connectivity index (χ0v) is 18.9. The molecule has 2 aliphatic carbocycles. The first kappa shape index (κ1) is 22.2. The summed E-state index contributed by atoms with van der Waals surface area (Å²) in [5, 5.41) is 0. The van der Waals surface area contributed by atoms with E-state index in [1.165, 1.54) is 12.1 Å². The van der Waals surface area contributed by atoms with Gasteiger partial charge in [0.1, 0.15) is 5.72 Å². The molecule has 2 aliphatic heterocycles. The maximum Gasteiger partial charge on any atom is 0.416 e. The van der Waals surface area contributed by atoms with Crippen molar-refractivity contribution in [3.63, 3.8) is 0 Å². The molecule has 32 heavy (non-hydrogen) atoms. The smallest absolute Gasteiger partial charge is 0.353 e. The number of nitrogens with zero attached hydrogens (tertiary/aromatic N) is 2. The second-order valence-electron chi connectivity index (χ2n) is 10.5. The highest BCUT2D eigenvalue weighted by molar-refractivity contribution is 5.78. The first-order chi connectivity index (χ1) is 15.2. The molecule has 7 heteroatoms. The Balaban J connectivity index is 1.32. The van der Waals surface area contributed by atoms with E-state index in [-0.39, 0.29) is 11.9 Å². The summed E-state index contributed by atoms with van der Waals surface area (Å²) in [6, 6.07) is 6.70. The molecule has 2 saturated heterocycles. The lowest BCUT2D eigenvalue weighted by Gasteiger charge is -2.53. The van der Waals surface area contributed by atoms with Crippen molar-refractivity contribution in [2.24, 2.45) is 11.8 Å². The summed E-state index contributed by atoms with van der Waals surface area (Å²) in [6.45, 7) is 5.64. The van der Waals surface area contributed by atoms with E-state index in [1.807, 2.05) is 0 Å². The fourth-order valence-electron chi connectivity index (χ4n) is 6.29. The van der Waals surface area contributed by atoms with Crippen LogP contribution in [0.25, 0.3) is 0 Å². The van der Waals surface area contributed by atoms with Gasteiger partial charge in [0.15, 0.2) is 0 Å². The monoisotopic (exact) mass is 450 g/mol. The Morgan fingerprint density at radius 3 is 2.47 bits per heavy atom. The summed E-state index contributed by atoms with van der Waals surface area (Å²) >= 11 is 0. The van der Waals surface area contributed by atoms with Crippen LogP contribution in [-0.4, -0.2) is 46.2 Å². The molecule has 2 heterocycles. The number of hydrogen-bond acceptors (Lipinski definition) is 3. The first-order valence-electron chi connectivity index (χ1n) is 12.1. The molecule has 0 radical (unpaired) electrons. The molecular formula is C25H33F3N2O2. The van der Waals surface area contributed by atoms with Gasteiger partial charge in [0.05, 0.1) is 18.2 Å². The van der Waals surface area contributed by atoms with E-state index in [2.05, 4.69) is 23.6 Å². The summed E-state index contributed by atoms with van der Waals surface area (Å²) in [4.78, 5) is 17.5. The molecule has 1 spiro atoms. The molecular weight excluding hydrogens is 417 g/mol. The van der Waals surface area contributed by atoms with Crippen LogP contribution in [0.15, 0.2) is 24.3 Å². The summed E-state index contributed by atoms with van der Waals surface area (Å²) in [6.07, 6.45) is 2.28. The molecule has 176 valence electrons. The van der Waals surface area contributed by atoms with Crippen molar-refractivity contribution in [1.29, 1.82) is 0 Å². The van der Waals surface area contributed by atoms with E-state index in [0.29, 0.717) is 43.5 Å². The summed E-state index contributed by atoms with van der Waals surface area (Å²) < 4.78 is 45.2. The molecule has 5 rings (SSSR count). The molecule has 4 aliphatic rings. The Hall–Kier alpha value is -1.60. The first-order valence-corrected chi connectivity index (χ1v) is 12.1. The average molecular weight is 451 g/mol. The Labute approximate surface area is 188 Å². The van der Waals surface area contributed by atoms with Crippen molar-refractivity contribution in [2.45, 2.75) is 95.4 Å². The second kappa shape index (κ2) is 8.01. The number of alkyl halides is 3. The van der Waals surface area contributed by atoms with Gasteiger partial charge in [-0.3, -0.25) is 9.69 Å². The van der Waals surface area contributed by atoms with Crippen LogP contribution in [0.3, 0.4) is 0 Å². The van der Waals surface area contributed by atoms with Crippen molar-refractivity contribution in [3.05, 3.63) is 35.4 Å². The number of ether oxygens (including phenoxy) is 1. The number of carbonyl (C=O) groups excluding carboxylic acids is 1. The second-order valence-corrected chi connectivity index (χ2v) is 10.5. The van der Waals surface area contributed by atoms with Gasteiger partial charge < -0.3 is 9.64 Å². The number of rotatable bonds is 5. The van der Waals surface area contributed by atoms with E-state index in [4.69, 9.17) is 4.74 Å². The zero-order chi connectivity index (χ0) is 22.7. The number of benzene rings is 1. The minimum absolute atomic E-state index is 0.161. The van der Waals surface area contributed by atoms with Gasteiger partial charge in [0, 0.05) is 31.0 Å². The van der Waals surface area contributed by atoms with E-state index in [0.717, 1.165) is 44.1 Å². The molecule has 0 aromatic heterocycles. The van der Waals surface area contributed by atoms with Crippen molar-refractivity contribution in [2.75, 3.05) is 6.61 Å². The molecule has 4 fully saturated rings. The lowest BCUT2D eigenvalue weighted by Crippen LogP contribution is -2.63. The van der Waals surface area contributed by atoms with Gasteiger partial charge in [0.2, 0.25) is 5.91 Å². The Bertz CT molecular complexity index is 852. The minimum atomic E-state index is -4.30. The molecule has 0 bridgehead atoms. The number of carbonyl (C=O) groups is 1. The summed E-state index contributed by atoms with van der Waals surface area (Å²) in [7, 11) is 0. The maximum atomic E-state index is 12.9. The topological polar surface area (TPSA) is 32.8 Å². The molecule has 4 nitrogen and oxygen atoms in total. The normalized spacial score (nSPS) is 33.0. The van der Waals surface area contributed by atoms with Crippen molar-refractivity contribution < 1.29 is 22.7 Å². The minimum Gasteiger partial charge on any atom is -0.353 e. The van der Waals surface area contributed by atoms with E-state index in [1.54, 1.807) is 12.1 Å². The molecule has 4 atom stereocenters. The Morgan fingerprint density at radius 2 is 1.84 bits per heavy atom. The van der Waals surface area contributed by atoms with Crippen LogP contribution in [0.4, 0.5) is 13.2 Å². The van der Waals surface area contributed by atoms with Crippen LogP contribution < -0.4 is 0 Å². The molecule has 1 aromatic rings.